The predicted octanol–water partition coefficient (Wildman–Crippen LogP) is 1.31. The number of aromatic nitrogens is 3. The van der Waals surface area contributed by atoms with E-state index in [1.54, 1.807) is 6.20 Å². The van der Waals surface area contributed by atoms with Gasteiger partial charge < -0.3 is 0 Å². The highest BCUT2D eigenvalue weighted by Crippen LogP contribution is 2.28. The summed E-state index contributed by atoms with van der Waals surface area (Å²) in [7, 11) is -3.12. The van der Waals surface area contributed by atoms with E-state index in [4.69, 9.17) is 0 Å². The molecule has 1 atom stereocenters. The minimum absolute atomic E-state index is 0.166. The molecule has 0 spiro atoms. The Labute approximate surface area is 148 Å². The average Bonchev–Trinajstić information content (AvgIpc) is 3.35. The average molecular weight is 361 g/mol. The van der Waals surface area contributed by atoms with Crippen LogP contribution in [-0.2, 0) is 23.1 Å². The van der Waals surface area contributed by atoms with Crippen molar-refractivity contribution in [3.63, 3.8) is 0 Å². The van der Waals surface area contributed by atoms with Crippen molar-refractivity contribution in [1.82, 2.24) is 24.4 Å². The fraction of sp³-hybridized carbons (Fsp3) is 0.529. The van der Waals surface area contributed by atoms with E-state index in [-0.39, 0.29) is 11.3 Å². The van der Waals surface area contributed by atoms with Crippen LogP contribution in [-0.4, -0.2) is 46.4 Å². The molecule has 1 saturated carbocycles. The van der Waals surface area contributed by atoms with Gasteiger partial charge in [-0.1, -0.05) is 6.07 Å². The molecule has 0 saturated heterocycles. The van der Waals surface area contributed by atoms with Crippen molar-refractivity contribution < 1.29 is 8.42 Å². The monoisotopic (exact) mass is 361 g/mol. The van der Waals surface area contributed by atoms with Gasteiger partial charge in [-0.2, -0.15) is 5.10 Å². The molecule has 134 valence electrons. The van der Waals surface area contributed by atoms with Crippen LogP contribution in [0.3, 0.4) is 0 Å². The van der Waals surface area contributed by atoms with Gasteiger partial charge in [-0.25, -0.2) is 13.1 Å². The number of rotatable bonds is 7. The highest BCUT2D eigenvalue weighted by molar-refractivity contribution is 7.90. The Balaban J connectivity index is 1.40. The molecule has 3 heterocycles. The number of nitrogens with zero attached hydrogens (tertiary/aromatic N) is 4. The van der Waals surface area contributed by atoms with E-state index in [1.165, 1.54) is 11.3 Å². The summed E-state index contributed by atoms with van der Waals surface area (Å²) in [4.78, 5) is 6.55. The predicted molar refractivity (Wildman–Crippen MR) is 94.2 cm³/mol. The van der Waals surface area contributed by atoms with Gasteiger partial charge in [0, 0.05) is 44.8 Å². The number of nitrogens with one attached hydrogen (secondary N) is 1. The standard InChI is InChI=1S/C17H23N5O2S/c23-25(24,17-3-4-17)20-9-6-16-13-21(11-14-2-1-7-18-10-14)12-15-5-8-19-22(15)16/h1-2,5,7-8,10,16-17,20H,3-4,6,9,11-13H2/t16-/m1/s1. The lowest BCUT2D eigenvalue weighted by molar-refractivity contribution is 0.162. The normalized spacial score (nSPS) is 21.2. The first-order valence-corrected chi connectivity index (χ1v) is 10.3. The summed E-state index contributed by atoms with van der Waals surface area (Å²) in [6, 6.07) is 6.25. The summed E-state index contributed by atoms with van der Waals surface area (Å²) in [5.74, 6) is 0. The summed E-state index contributed by atoms with van der Waals surface area (Å²) < 4.78 is 28.8. The molecule has 1 aliphatic carbocycles. The van der Waals surface area contributed by atoms with Crippen LogP contribution in [0.1, 0.15) is 36.6 Å². The van der Waals surface area contributed by atoms with Crippen molar-refractivity contribution in [3.05, 3.63) is 48.0 Å². The molecule has 0 unspecified atom stereocenters. The SMILES string of the molecule is O=S(=O)(NCC[C@@H]1CN(Cc2cccnc2)Cc2ccnn21)C1CC1. The highest BCUT2D eigenvalue weighted by atomic mass is 32.2. The largest absolute Gasteiger partial charge is 0.291 e. The van der Waals surface area contributed by atoms with Crippen LogP contribution < -0.4 is 4.72 Å². The molecule has 1 N–H and O–H groups in total. The maximum atomic E-state index is 12.0. The lowest BCUT2D eigenvalue weighted by Gasteiger charge is -2.34. The smallest absolute Gasteiger partial charge is 0.214 e. The third-order valence-electron chi connectivity index (χ3n) is 4.83. The van der Waals surface area contributed by atoms with E-state index in [0.29, 0.717) is 6.54 Å². The van der Waals surface area contributed by atoms with Gasteiger partial charge in [0.05, 0.1) is 17.0 Å². The minimum atomic E-state index is -3.12. The van der Waals surface area contributed by atoms with Gasteiger partial charge in [0.1, 0.15) is 0 Å². The molecule has 0 bridgehead atoms. The van der Waals surface area contributed by atoms with Crippen LogP contribution >= 0.6 is 0 Å². The zero-order valence-corrected chi connectivity index (χ0v) is 14.9. The van der Waals surface area contributed by atoms with Crippen LogP contribution in [0.2, 0.25) is 0 Å². The van der Waals surface area contributed by atoms with Crippen molar-refractivity contribution in [2.45, 2.75) is 43.6 Å². The Kier molecular flexibility index (Phi) is 4.58. The third-order valence-corrected chi connectivity index (χ3v) is 6.78. The quantitative estimate of drug-likeness (QED) is 0.804. The topological polar surface area (TPSA) is 80.1 Å². The summed E-state index contributed by atoms with van der Waals surface area (Å²) in [5, 5.41) is 4.28. The van der Waals surface area contributed by atoms with Gasteiger partial charge in [-0.15, -0.1) is 0 Å². The molecule has 0 amide bonds. The third kappa shape index (κ3) is 3.91. The van der Waals surface area contributed by atoms with Gasteiger partial charge in [0.2, 0.25) is 10.0 Å². The number of pyridine rings is 1. The lowest BCUT2D eigenvalue weighted by atomic mass is 10.1. The van der Waals surface area contributed by atoms with Gasteiger partial charge in [0.15, 0.2) is 0 Å². The molecule has 1 fully saturated rings. The summed E-state index contributed by atoms with van der Waals surface area (Å²) in [5.41, 5.74) is 2.36. The molecule has 25 heavy (non-hydrogen) atoms. The molecule has 7 nitrogen and oxygen atoms in total. The Morgan fingerprint density at radius 1 is 1.24 bits per heavy atom. The zero-order valence-electron chi connectivity index (χ0n) is 14.1. The van der Waals surface area contributed by atoms with E-state index in [1.807, 2.05) is 29.2 Å². The molecule has 0 radical (unpaired) electrons. The van der Waals surface area contributed by atoms with Gasteiger partial charge in [0.25, 0.3) is 0 Å². The fourth-order valence-corrected chi connectivity index (χ4v) is 4.81. The van der Waals surface area contributed by atoms with E-state index in [0.717, 1.165) is 38.9 Å². The Bertz CT molecular complexity index is 817. The molecule has 2 aliphatic rings. The molecular weight excluding hydrogens is 338 g/mol. The second-order valence-electron chi connectivity index (χ2n) is 6.88. The molecule has 0 aromatic carbocycles. The maximum absolute atomic E-state index is 12.0. The molecule has 4 rings (SSSR count). The van der Waals surface area contributed by atoms with Crippen LogP contribution in [0.15, 0.2) is 36.8 Å². The van der Waals surface area contributed by atoms with Crippen molar-refractivity contribution in [2.75, 3.05) is 13.1 Å². The van der Waals surface area contributed by atoms with Crippen LogP contribution in [0.5, 0.6) is 0 Å². The second-order valence-corrected chi connectivity index (χ2v) is 8.92. The zero-order chi connectivity index (χ0) is 17.3. The van der Waals surface area contributed by atoms with Gasteiger partial charge >= 0.3 is 0 Å². The van der Waals surface area contributed by atoms with Crippen LogP contribution in [0.25, 0.3) is 0 Å². The van der Waals surface area contributed by atoms with E-state index in [9.17, 15) is 8.42 Å². The maximum Gasteiger partial charge on any atom is 0.214 e. The van der Waals surface area contributed by atoms with E-state index >= 15 is 0 Å². The van der Waals surface area contributed by atoms with Gasteiger partial charge in [-0.05, 0) is 37.0 Å². The summed E-state index contributed by atoms with van der Waals surface area (Å²) in [6.45, 7) is 3.00. The first kappa shape index (κ1) is 16.7. The van der Waals surface area contributed by atoms with Crippen molar-refractivity contribution in [3.8, 4) is 0 Å². The second kappa shape index (κ2) is 6.86. The van der Waals surface area contributed by atoms with Crippen molar-refractivity contribution in [1.29, 1.82) is 0 Å². The number of hydrogen-bond donors (Lipinski definition) is 1. The van der Waals surface area contributed by atoms with E-state index in [2.05, 4.69) is 25.8 Å². The summed E-state index contributed by atoms with van der Waals surface area (Å²) >= 11 is 0. The van der Waals surface area contributed by atoms with E-state index < -0.39 is 10.0 Å². The van der Waals surface area contributed by atoms with Crippen LogP contribution in [0.4, 0.5) is 0 Å². The minimum Gasteiger partial charge on any atom is -0.291 e. The molecule has 2 aromatic rings. The molecular formula is C17H23N5O2S. The van der Waals surface area contributed by atoms with Crippen molar-refractivity contribution >= 4 is 10.0 Å². The fourth-order valence-electron chi connectivity index (χ4n) is 3.41. The first-order valence-electron chi connectivity index (χ1n) is 8.74. The lowest BCUT2D eigenvalue weighted by Crippen LogP contribution is -2.39. The highest BCUT2D eigenvalue weighted by Gasteiger charge is 2.35. The van der Waals surface area contributed by atoms with Gasteiger partial charge in [-0.3, -0.25) is 14.6 Å². The Morgan fingerprint density at radius 3 is 2.88 bits per heavy atom. The number of fused-ring (bicyclic) bond motifs is 1. The Hall–Kier alpha value is -1.77. The van der Waals surface area contributed by atoms with Crippen molar-refractivity contribution in [2.24, 2.45) is 0 Å². The molecule has 2 aromatic heterocycles. The number of hydrogen-bond acceptors (Lipinski definition) is 5. The Morgan fingerprint density at radius 2 is 2.12 bits per heavy atom. The number of sulfonamides is 1. The summed E-state index contributed by atoms with van der Waals surface area (Å²) in [6.07, 6.45) is 7.82. The first-order chi connectivity index (χ1) is 12.1. The van der Waals surface area contributed by atoms with Crippen LogP contribution in [0, 0.1) is 0 Å². The molecule has 1 aliphatic heterocycles. The molecule has 8 heteroatoms.